The van der Waals surface area contributed by atoms with Crippen molar-refractivity contribution < 1.29 is 13.2 Å². The van der Waals surface area contributed by atoms with Crippen molar-refractivity contribution in [2.24, 2.45) is 0 Å². The lowest BCUT2D eigenvalue weighted by Gasteiger charge is -2.10. The zero-order valence-corrected chi connectivity index (χ0v) is 12.7. The van der Waals surface area contributed by atoms with E-state index in [1.807, 2.05) is 0 Å². The van der Waals surface area contributed by atoms with Crippen LogP contribution in [0.4, 0.5) is 0 Å². The van der Waals surface area contributed by atoms with Crippen molar-refractivity contribution in [3.05, 3.63) is 30.5 Å². The monoisotopic (exact) mass is 313 g/mol. The quantitative estimate of drug-likeness (QED) is 0.602. The molecule has 20 heavy (non-hydrogen) atoms. The van der Waals surface area contributed by atoms with Gasteiger partial charge in [0.1, 0.15) is 11.3 Å². The van der Waals surface area contributed by atoms with Gasteiger partial charge >= 0.3 is 0 Å². The van der Waals surface area contributed by atoms with Crippen LogP contribution in [0.15, 0.2) is 35.4 Å². The summed E-state index contributed by atoms with van der Waals surface area (Å²) in [7, 11) is 1.64. The van der Waals surface area contributed by atoms with Gasteiger partial charge < -0.3 is 4.74 Å². The average Bonchev–Trinajstić information content (AvgIpc) is 2.42. The summed E-state index contributed by atoms with van der Waals surface area (Å²) < 4.78 is 28.8. The minimum atomic E-state index is -3.80. The predicted octanol–water partition coefficient (Wildman–Crippen LogP) is 3.73. The highest BCUT2D eigenvalue weighted by Gasteiger charge is 2.17. The fourth-order valence-corrected chi connectivity index (χ4v) is 3.05. The molecule has 1 aromatic carbocycles. The van der Waals surface area contributed by atoms with Crippen LogP contribution in [-0.4, -0.2) is 20.0 Å². The molecule has 2 aromatic rings. The normalized spacial score (nSPS) is 11.7. The molecule has 108 valence electrons. The van der Waals surface area contributed by atoms with E-state index in [1.165, 1.54) is 6.07 Å². The lowest BCUT2D eigenvalue weighted by molar-refractivity contribution is 0.309. The highest BCUT2D eigenvalue weighted by molar-refractivity contribution is 8.14. The molecule has 0 bridgehead atoms. The molecule has 0 aliphatic carbocycles. The molecule has 0 unspecified atom stereocenters. The molecular weight excluding hydrogens is 298 g/mol. The van der Waals surface area contributed by atoms with Crippen LogP contribution in [0.2, 0.25) is 0 Å². The van der Waals surface area contributed by atoms with E-state index >= 15 is 0 Å². The Labute approximate surface area is 123 Å². The van der Waals surface area contributed by atoms with Crippen molar-refractivity contribution in [2.75, 3.05) is 6.61 Å². The fourth-order valence-electron chi connectivity index (χ4n) is 1.98. The largest absolute Gasteiger partial charge is 0.491 e. The van der Waals surface area contributed by atoms with Crippen molar-refractivity contribution in [2.45, 2.75) is 31.1 Å². The molecule has 0 N–H and O–H groups in total. The van der Waals surface area contributed by atoms with Crippen molar-refractivity contribution >= 4 is 30.6 Å². The molecule has 0 saturated carbocycles. The minimum Gasteiger partial charge on any atom is -0.491 e. The Morgan fingerprint density at radius 1 is 1.25 bits per heavy atom. The van der Waals surface area contributed by atoms with Crippen LogP contribution in [0.1, 0.15) is 26.2 Å². The van der Waals surface area contributed by atoms with Gasteiger partial charge in [-0.1, -0.05) is 19.8 Å². The van der Waals surface area contributed by atoms with Gasteiger partial charge in [0, 0.05) is 22.3 Å². The Morgan fingerprint density at radius 2 is 2.05 bits per heavy atom. The highest BCUT2D eigenvalue weighted by atomic mass is 35.7. The van der Waals surface area contributed by atoms with E-state index in [0.717, 1.165) is 19.3 Å². The van der Waals surface area contributed by atoms with Gasteiger partial charge in [0.05, 0.1) is 11.5 Å². The third kappa shape index (κ3) is 3.41. The van der Waals surface area contributed by atoms with Gasteiger partial charge in [-0.25, -0.2) is 8.42 Å². The number of rotatable bonds is 6. The van der Waals surface area contributed by atoms with Crippen LogP contribution in [0.3, 0.4) is 0 Å². The Bertz CT molecular complexity index is 701. The SMILES string of the molecule is CCCCCOc1ccc(S(=O)(=O)Cl)c2cccnc12. The number of benzene rings is 1. The third-order valence-corrected chi connectivity index (χ3v) is 4.34. The molecule has 0 atom stereocenters. The summed E-state index contributed by atoms with van der Waals surface area (Å²) in [6.07, 6.45) is 4.78. The second-order valence-electron chi connectivity index (χ2n) is 4.45. The number of hydrogen-bond donors (Lipinski definition) is 0. The molecule has 0 aliphatic rings. The Morgan fingerprint density at radius 3 is 2.75 bits per heavy atom. The third-order valence-electron chi connectivity index (χ3n) is 2.96. The van der Waals surface area contributed by atoms with E-state index in [-0.39, 0.29) is 4.90 Å². The first kappa shape index (κ1) is 15.1. The van der Waals surface area contributed by atoms with Crippen molar-refractivity contribution in [1.29, 1.82) is 0 Å². The average molecular weight is 314 g/mol. The molecule has 4 nitrogen and oxygen atoms in total. The zero-order valence-electron chi connectivity index (χ0n) is 11.2. The smallest absolute Gasteiger partial charge is 0.261 e. The fraction of sp³-hybridized carbons (Fsp3) is 0.357. The van der Waals surface area contributed by atoms with E-state index in [1.54, 1.807) is 24.4 Å². The lowest BCUT2D eigenvalue weighted by Crippen LogP contribution is -2.00. The molecular formula is C14H16ClNO3S. The van der Waals surface area contributed by atoms with E-state index in [9.17, 15) is 8.42 Å². The van der Waals surface area contributed by atoms with E-state index in [0.29, 0.717) is 23.3 Å². The summed E-state index contributed by atoms with van der Waals surface area (Å²) in [4.78, 5) is 4.26. The van der Waals surface area contributed by atoms with Gasteiger partial charge in [-0.2, -0.15) is 0 Å². The summed E-state index contributed by atoms with van der Waals surface area (Å²) in [6.45, 7) is 2.71. The number of hydrogen-bond acceptors (Lipinski definition) is 4. The second-order valence-corrected chi connectivity index (χ2v) is 6.99. The summed E-state index contributed by atoms with van der Waals surface area (Å²) in [5, 5.41) is 0.482. The number of ether oxygens (including phenoxy) is 1. The van der Waals surface area contributed by atoms with Crippen LogP contribution < -0.4 is 4.74 Å². The molecule has 0 aliphatic heterocycles. The molecule has 6 heteroatoms. The van der Waals surface area contributed by atoms with E-state index in [2.05, 4.69) is 11.9 Å². The van der Waals surface area contributed by atoms with Crippen molar-refractivity contribution in [1.82, 2.24) is 4.98 Å². The number of aromatic nitrogens is 1. The predicted molar refractivity (Wildman–Crippen MR) is 79.8 cm³/mol. The summed E-state index contributed by atoms with van der Waals surface area (Å²) >= 11 is 0. The van der Waals surface area contributed by atoms with Crippen LogP contribution in [-0.2, 0) is 9.05 Å². The van der Waals surface area contributed by atoms with Gasteiger partial charge in [0.2, 0.25) is 0 Å². The number of nitrogens with zero attached hydrogens (tertiary/aromatic N) is 1. The first-order chi connectivity index (χ1) is 9.54. The van der Waals surface area contributed by atoms with Crippen LogP contribution in [0.5, 0.6) is 5.75 Å². The van der Waals surface area contributed by atoms with Gasteiger partial charge in [-0.3, -0.25) is 4.98 Å². The van der Waals surface area contributed by atoms with Crippen LogP contribution in [0.25, 0.3) is 10.9 Å². The van der Waals surface area contributed by atoms with Crippen LogP contribution in [0, 0.1) is 0 Å². The van der Waals surface area contributed by atoms with Gasteiger partial charge in [-0.15, -0.1) is 0 Å². The number of unbranched alkanes of at least 4 members (excludes halogenated alkanes) is 2. The zero-order chi connectivity index (χ0) is 14.6. The lowest BCUT2D eigenvalue weighted by atomic mass is 10.2. The Kier molecular flexibility index (Phi) is 4.83. The van der Waals surface area contributed by atoms with Gasteiger partial charge in [0.15, 0.2) is 0 Å². The molecule has 0 saturated heterocycles. The Hall–Kier alpha value is -1.33. The van der Waals surface area contributed by atoms with E-state index in [4.69, 9.17) is 15.4 Å². The standard InChI is InChI=1S/C14H16ClNO3S/c1-2-3-4-10-19-12-7-8-13(20(15,17)18)11-6-5-9-16-14(11)12/h5-9H,2-4,10H2,1H3. The number of halogens is 1. The Balaban J connectivity index is 2.39. The topological polar surface area (TPSA) is 56.3 Å². The molecule has 1 heterocycles. The molecule has 0 radical (unpaired) electrons. The summed E-state index contributed by atoms with van der Waals surface area (Å²) in [5.74, 6) is 0.584. The molecule has 0 spiro atoms. The van der Waals surface area contributed by atoms with Gasteiger partial charge in [0.25, 0.3) is 9.05 Å². The first-order valence-corrected chi connectivity index (χ1v) is 8.80. The maximum Gasteiger partial charge on any atom is 0.261 e. The summed E-state index contributed by atoms with van der Waals surface area (Å²) in [5.41, 5.74) is 0.519. The maximum absolute atomic E-state index is 11.6. The van der Waals surface area contributed by atoms with E-state index < -0.39 is 9.05 Å². The highest BCUT2D eigenvalue weighted by Crippen LogP contribution is 2.31. The maximum atomic E-state index is 11.6. The van der Waals surface area contributed by atoms with Crippen molar-refractivity contribution in [3.63, 3.8) is 0 Å². The number of fused-ring (bicyclic) bond motifs is 1. The van der Waals surface area contributed by atoms with Crippen molar-refractivity contribution in [3.8, 4) is 5.75 Å². The first-order valence-electron chi connectivity index (χ1n) is 6.49. The second kappa shape index (κ2) is 6.41. The minimum absolute atomic E-state index is 0.0585. The molecule has 1 aromatic heterocycles. The summed E-state index contributed by atoms with van der Waals surface area (Å²) in [6, 6.07) is 6.42. The molecule has 0 amide bonds. The number of pyridine rings is 1. The molecule has 2 rings (SSSR count). The van der Waals surface area contributed by atoms with Crippen LogP contribution >= 0.6 is 10.7 Å². The van der Waals surface area contributed by atoms with Gasteiger partial charge in [-0.05, 0) is 30.7 Å². The molecule has 0 fully saturated rings.